The third-order valence-electron chi connectivity index (χ3n) is 5.23. The lowest BCUT2D eigenvalue weighted by Crippen LogP contribution is -2.47. The predicted octanol–water partition coefficient (Wildman–Crippen LogP) is 2.05. The van der Waals surface area contributed by atoms with Gasteiger partial charge in [0.1, 0.15) is 17.7 Å². The van der Waals surface area contributed by atoms with Gasteiger partial charge in [0.05, 0.1) is 12.8 Å². The number of aliphatic hydroxyl groups excluding tert-OH is 1. The van der Waals surface area contributed by atoms with Crippen LogP contribution in [0.25, 0.3) is 0 Å². The van der Waals surface area contributed by atoms with Crippen LogP contribution in [0.3, 0.4) is 0 Å². The molecule has 0 aliphatic carbocycles. The Hall–Kier alpha value is -2.80. The Bertz CT molecular complexity index is 819. The van der Waals surface area contributed by atoms with Crippen LogP contribution in [0, 0.1) is 5.92 Å². The van der Waals surface area contributed by atoms with Gasteiger partial charge in [0.25, 0.3) is 0 Å². The van der Waals surface area contributed by atoms with E-state index in [-0.39, 0.29) is 11.8 Å². The van der Waals surface area contributed by atoms with Crippen LogP contribution in [0.15, 0.2) is 42.6 Å². The first-order valence-electron chi connectivity index (χ1n) is 10.0. The van der Waals surface area contributed by atoms with Crippen LogP contribution in [-0.2, 0) is 11.3 Å². The quantitative estimate of drug-likeness (QED) is 0.743. The molecule has 1 aromatic heterocycles. The molecular weight excluding hydrogens is 368 g/mol. The standard InChI is InChI=1S/C22H30N4O3/c1-16(2)20(27)22(28)24-15-17-7-6-10-23-21(17)26-13-11-25(12-14-26)18-8-4-5-9-19(18)29-3/h4-10,16,20,27H,11-15H2,1-3H3,(H,24,28). The van der Waals surface area contributed by atoms with Gasteiger partial charge in [-0.05, 0) is 24.1 Å². The zero-order valence-corrected chi connectivity index (χ0v) is 17.3. The van der Waals surface area contributed by atoms with Crippen molar-refractivity contribution in [2.24, 2.45) is 5.92 Å². The minimum absolute atomic E-state index is 0.119. The summed E-state index contributed by atoms with van der Waals surface area (Å²) in [5, 5.41) is 12.7. The van der Waals surface area contributed by atoms with Crippen molar-refractivity contribution < 1.29 is 14.6 Å². The first-order chi connectivity index (χ1) is 14.0. The number of pyridine rings is 1. The van der Waals surface area contributed by atoms with Crippen molar-refractivity contribution in [3.8, 4) is 5.75 Å². The van der Waals surface area contributed by atoms with Gasteiger partial charge in [0.15, 0.2) is 0 Å². The Balaban J connectivity index is 1.65. The van der Waals surface area contributed by atoms with E-state index in [4.69, 9.17) is 4.74 Å². The smallest absolute Gasteiger partial charge is 0.249 e. The highest BCUT2D eigenvalue weighted by atomic mass is 16.5. The molecule has 7 heteroatoms. The fourth-order valence-corrected chi connectivity index (χ4v) is 3.49. The van der Waals surface area contributed by atoms with Gasteiger partial charge in [-0.15, -0.1) is 0 Å². The molecule has 1 saturated heterocycles. The van der Waals surface area contributed by atoms with Crippen molar-refractivity contribution in [3.05, 3.63) is 48.2 Å². The van der Waals surface area contributed by atoms with Crippen LogP contribution in [0.4, 0.5) is 11.5 Å². The Morgan fingerprint density at radius 2 is 1.83 bits per heavy atom. The van der Waals surface area contributed by atoms with E-state index < -0.39 is 6.10 Å². The van der Waals surface area contributed by atoms with Gasteiger partial charge in [0.2, 0.25) is 5.91 Å². The summed E-state index contributed by atoms with van der Waals surface area (Å²) < 4.78 is 5.49. The zero-order chi connectivity index (χ0) is 20.8. The number of carbonyl (C=O) groups excluding carboxylic acids is 1. The Kier molecular flexibility index (Phi) is 6.93. The number of hydrogen-bond acceptors (Lipinski definition) is 6. The van der Waals surface area contributed by atoms with Crippen molar-refractivity contribution >= 4 is 17.4 Å². The summed E-state index contributed by atoms with van der Waals surface area (Å²) in [6.45, 7) is 7.35. The third kappa shape index (κ3) is 4.98. The molecule has 0 spiro atoms. The number of aromatic nitrogens is 1. The molecule has 0 saturated carbocycles. The van der Waals surface area contributed by atoms with E-state index in [1.807, 2.05) is 44.2 Å². The monoisotopic (exact) mass is 398 g/mol. The minimum Gasteiger partial charge on any atom is -0.495 e. The third-order valence-corrected chi connectivity index (χ3v) is 5.23. The van der Waals surface area contributed by atoms with Crippen molar-refractivity contribution in [2.75, 3.05) is 43.1 Å². The Labute approximate surface area is 172 Å². The second-order valence-electron chi connectivity index (χ2n) is 7.54. The molecule has 0 radical (unpaired) electrons. The van der Waals surface area contributed by atoms with Gasteiger partial charge in [-0.25, -0.2) is 4.98 Å². The molecule has 1 aromatic carbocycles. The Morgan fingerprint density at radius 3 is 2.52 bits per heavy atom. The highest BCUT2D eigenvalue weighted by Crippen LogP contribution is 2.29. The summed E-state index contributed by atoms with van der Waals surface area (Å²) >= 11 is 0. The van der Waals surface area contributed by atoms with Crippen molar-refractivity contribution in [1.82, 2.24) is 10.3 Å². The molecule has 1 aliphatic rings. The summed E-state index contributed by atoms with van der Waals surface area (Å²) in [4.78, 5) is 21.2. The number of aliphatic hydroxyl groups is 1. The van der Waals surface area contributed by atoms with Crippen molar-refractivity contribution in [1.29, 1.82) is 0 Å². The number of anilines is 2. The van der Waals surface area contributed by atoms with Gasteiger partial charge in [-0.3, -0.25) is 4.79 Å². The number of para-hydroxylation sites is 2. The van der Waals surface area contributed by atoms with Crippen LogP contribution >= 0.6 is 0 Å². The molecular formula is C22H30N4O3. The fourth-order valence-electron chi connectivity index (χ4n) is 3.49. The second kappa shape index (κ2) is 9.60. The lowest BCUT2D eigenvalue weighted by molar-refractivity contribution is -0.131. The molecule has 156 valence electrons. The maximum atomic E-state index is 12.1. The van der Waals surface area contributed by atoms with Gasteiger partial charge in [-0.2, -0.15) is 0 Å². The van der Waals surface area contributed by atoms with Gasteiger partial charge in [-0.1, -0.05) is 32.0 Å². The number of nitrogens with zero attached hydrogens (tertiary/aromatic N) is 3. The zero-order valence-electron chi connectivity index (χ0n) is 17.3. The molecule has 1 amide bonds. The number of nitrogens with one attached hydrogen (secondary N) is 1. The number of methoxy groups -OCH3 is 1. The van der Waals surface area contributed by atoms with E-state index in [1.165, 1.54) is 0 Å². The molecule has 1 aliphatic heterocycles. The molecule has 2 heterocycles. The highest BCUT2D eigenvalue weighted by Gasteiger charge is 2.23. The normalized spacial score (nSPS) is 15.3. The number of carbonyl (C=O) groups is 1. The predicted molar refractivity (Wildman–Crippen MR) is 114 cm³/mol. The van der Waals surface area contributed by atoms with E-state index in [2.05, 4.69) is 26.2 Å². The average Bonchev–Trinajstić information content (AvgIpc) is 2.77. The molecule has 2 N–H and O–H groups in total. The van der Waals surface area contributed by atoms with E-state index in [9.17, 15) is 9.90 Å². The number of rotatable bonds is 7. The summed E-state index contributed by atoms with van der Waals surface area (Å²) in [5.41, 5.74) is 2.05. The first-order valence-corrected chi connectivity index (χ1v) is 10.0. The molecule has 1 unspecified atom stereocenters. The summed E-state index contributed by atoms with van der Waals surface area (Å²) in [7, 11) is 1.69. The SMILES string of the molecule is COc1ccccc1N1CCN(c2ncccc2CNC(=O)C(O)C(C)C)CC1. The largest absolute Gasteiger partial charge is 0.495 e. The molecule has 1 atom stereocenters. The highest BCUT2D eigenvalue weighted by molar-refractivity contribution is 5.80. The second-order valence-corrected chi connectivity index (χ2v) is 7.54. The van der Waals surface area contributed by atoms with Gasteiger partial charge < -0.3 is 25.0 Å². The van der Waals surface area contributed by atoms with Crippen LogP contribution < -0.4 is 19.9 Å². The first kappa shape index (κ1) is 20.9. The molecule has 3 rings (SSSR count). The van der Waals surface area contributed by atoms with Gasteiger partial charge in [0, 0.05) is 44.5 Å². The number of hydrogen-bond donors (Lipinski definition) is 2. The fraction of sp³-hybridized carbons (Fsp3) is 0.455. The summed E-state index contributed by atoms with van der Waals surface area (Å²) in [6, 6.07) is 11.9. The van der Waals surface area contributed by atoms with Gasteiger partial charge >= 0.3 is 0 Å². The topological polar surface area (TPSA) is 77.9 Å². The maximum Gasteiger partial charge on any atom is 0.249 e. The number of piperazine rings is 1. The summed E-state index contributed by atoms with van der Waals surface area (Å²) in [5.74, 6) is 1.29. The van der Waals surface area contributed by atoms with Crippen molar-refractivity contribution in [3.63, 3.8) is 0 Å². The van der Waals surface area contributed by atoms with E-state index in [0.29, 0.717) is 6.54 Å². The van der Waals surface area contributed by atoms with Crippen LogP contribution in [0.1, 0.15) is 19.4 Å². The Morgan fingerprint density at radius 1 is 1.14 bits per heavy atom. The number of ether oxygens (including phenoxy) is 1. The lowest BCUT2D eigenvalue weighted by atomic mass is 10.1. The average molecular weight is 399 g/mol. The number of benzene rings is 1. The molecule has 2 aromatic rings. The molecule has 0 bridgehead atoms. The summed E-state index contributed by atoms with van der Waals surface area (Å²) in [6.07, 6.45) is 0.774. The number of amides is 1. The van der Waals surface area contributed by atoms with E-state index in [1.54, 1.807) is 13.3 Å². The van der Waals surface area contributed by atoms with Crippen LogP contribution in [0.5, 0.6) is 5.75 Å². The van der Waals surface area contributed by atoms with Crippen molar-refractivity contribution in [2.45, 2.75) is 26.5 Å². The minimum atomic E-state index is -1.00. The maximum absolute atomic E-state index is 12.1. The van der Waals surface area contributed by atoms with E-state index in [0.717, 1.165) is 49.0 Å². The molecule has 7 nitrogen and oxygen atoms in total. The molecule has 29 heavy (non-hydrogen) atoms. The molecule has 1 fully saturated rings. The lowest BCUT2D eigenvalue weighted by Gasteiger charge is -2.37. The van der Waals surface area contributed by atoms with E-state index >= 15 is 0 Å². The van der Waals surface area contributed by atoms with Crippen LogP contribution in [0.2, 0.25) is 0 Å². The van der Waals surface area contributed by atoms with Crippen LogP contribution in [-0.4, -0.2) is 55.4 Å².